The molecule has 0 bridgehead atoms. The number of nitrogens with one attached hydrogen (secondary N) is 1. The van der Waals surface area contributed by atoms with Crippen molar-refractivity contribution in [2.24, 2.45) is 0 Å². The van der Waals surface area contributed by atoms with Crippen molar-refractivity contribution < 1.29 is 4.79 Å². The van der Waals surface area contributed by atoms with Gasteiger partial charge in [0.15, 0.2) is 0 Å². The predicted octanol–water partition coefficient (Wildman–Crippen LogP) is 4.20. The SMILES string of the molecule is CCCCC(c1cc2n(n1)CCC(=O)N2)c1ccccc1Cl. The number of fused-ring (bicyclic) bond motifs is 1. The van der Waals surface area contributed by atoms with Crippen molar-refractivity contribution in [2.75, 3.05) is 5.32 Å². The highest BCUT2D eigenvalue weighted by molar-refractivity contribution is 6.31. The van der Waals surface area contributed by atoms with E-state index in [9.17, 15) is 4.79 Å². The fourth-order valence-electron chi connectivity index (χ4n) is 2.92. The average Bonchev–Trinajstić information content (AvgIpc) is 2.92. The Kier molecular flexibility index (Phi) is 4.48. The summed E-state index contributed by atoms with van der Waals surface area (Å²) in [6.45, 7) is 2.83. The van der Waals surface area contributed by atoms with Gasteiger partial charge >= 0.3 is 0 Å². The highest BCUT2D eigenvalue weighted by atomic mass is 35.5. The molecule has 0 saturated heterocycles. The summed E-state index contributed by atoms with van der Waals surface area (Å²) in [5.74, 6) is 1.02. The normalized spacial score (nSPS) is 15.3. The highest BCUT2D eigenvalue weighted by Crippen LogP contribution is 2.35. The van der Waals surface area contributed by atoms with Gasteiger partial charge in [0.2, 0.25) is 5.91 Å². The molecule has 116 valence electrons. The van der Waals surface area contributed by atoms with Gasteiger partial charge in [0.1, 0.15) is 5.82 Å². The van der Waals surface area contributed by atoms with E-state index in [0.717, 1.165) is 41.4 Å². The van der Waals surface area contributed by atoms with Crippen LogP contribution in [0.2, 0.25) is 5.02 Å². The van der Waals surface area contributed by atoms with Crippen LogP contribution in [0, 0.1) is 0 Å². The summed E-state index contributed by atoms with van der Waals surface area (Å²) in [7, 11) is 0. The van der Waals surface area contributed by atoms with E-state index in [4.69, 9.17) is 16.7 Å². The van der Waals surface area contributed by atoms with Crippen LogP contribution in [-0.2, 0) is 11.3 Å². The molecule has 0 saturated carbocycles. The topological polar surface area (TPSA) is 46.9 Å². The van der Waals surface area contributed by atoms with Crippen LogP contribution in [-0.4, -0.2) is 15.7 Å². The molecule has 5 heteroatoms. The number of benzene rings is 1. The van der Waals surface area contributed by atoms with Crippen molar-refractivity contribution in [3.63, 3.8) is 0 Å². The molecule has 0 radical (unpaired) electrons. The van der Waals surface area contributed by atoms with Crippen LogP contribution in [0.4, 0.5) is 5.82 Å². The number of aromatic nitrogens is 2. The second-order valence-corrected chi connectivity index (χ2v) is 6.10. The molecule has 1 N–H and O–H groups in total. The predicted molar refractivity (Wildman–Crippen MR) is 88.3 cm³/mol. The molecule has 1 aliphatic heterocycles. The summed E-state index contributed by atoms with van der Waals surface area (Å²) in [5, 5.41) is 8.36. The van der Waals surface area contributed by atoms with Gasteiger partial charge in [-0.25, -0.2) is 4.68 Å². The number of carbonyl (C=O) groups is 1. The molecule has 22 heavy (non-hydrogen) atoms. The van der Waals surface area contributed by atoms with Crippen LogP contribution in [0.1, 0.15) is 49.8 Å². The zero-order chi connectivity index (χ0) is 15.5. The molecule has 1 aromatic heterocycles. The second-order valence-electron chi connectivity index (χ2n) is 5.69. The van der Waals surface area contributed by atoms with Gasteiger partial charge in [0, 0.05) is 23.4 Å². The maximum Gasteiger partial charge on any atom is 0.227 e. The number of nitrogens with zero attached hydrogens (tertiary/aromatic N) is 2. The number of rotatable bonds is 5. The maximum absolute atomic E-state index is 11.5. The fourth-order valence-corrected chi connectivity index (χ4v) is 3.19. The minimum atomic E-state index is 0.0572. The van der Waals surface area contributed by atoms with Crippen molar-refractivity contribution in [3.05, 3.63) is 46.6 Å². The lowest BCUT2D eigenvalue weighted by Crippen LogP contribution is -2.23. The minimum absolute atomic E-state index is 0.0572. The lowest BCUT2D eigenvalue weighted by Gasteiger charge is -2.16. The lowest BCUT2D eigenvalue weighted by atomic mass is 9.90. The van der Waals surface area contributed by atoms with Gasteiger partial charge < -0.3 is 5.32 Å². The van der Waals surface area contributed by atoms with E-state index in [-0.39, 0.29) is 11.8 Å². The third kappa shape index (κ3) is 3.02. The van der Waals surface area contributed by atoms with E-state index >= 15 is 0 Å². The third-order valence-electron chi connectivity index (χ3n) is 4.10. The number of hydrogen-bond acceptors (Lipinski definition) is 2. The lowest BCUT2D eigenvalue weighted by molar-refractivity contribution is -0.116. The Labute approximate surface area is 135 Å². The van der Waals surface area contributed by atoms with Crippen LogP contribution in [0.3, 0.4) is 0 Å². The minimum Gasteiger partial charge on any atom is -0.311 e. The molecule has 1 aromatic carbocycles. The van der Waals surface area contributed by atoms with Gasteiger partial charge in [-0.05, 0) is 18.1 Å². The molecule has 4 nitrogen and oxygen atoms in total. The molecule has 3 rings (SSSR count). The molecule has 0 fully saturated rings. The van der Waals surface area contributed by atoms with Crippen LogP contribution in [0.15, 0.2) is 30.3 Å². The largest absolute Gasteiger partial charge is 0.311 e. The van der Waals surface area contributed by atoms with E-state index in [1.807, 2.05) is 28.9 Å². The van der Waals surface area contributed by atoms with Gasteiger partial charge in [-0.15, -0.1) is 0 Å². The van der Waals surface area contributed by atoms with Crippen LogP contribution < -0.4 is 5.32 Å². The molecule has 1 atom stereocenters. The molecule has 1 unspecified atom stereocenters. The summed E-state index contributed by atoms with van der Waals surface area (Å²) >= 11 is 6.39. The number of halogens is 1. The van der Waals surface area contributed by atoms with E-state index in [0.29, 0.717) is 13.0 Å². The van der Waals surface area contributed by atoms with Gasteiger partial charge in [-0.2, -0.15) is 5.10 Å². The number of anilines is 1. The van der Waals surface area contributed by atoms with Crippen molar-refractivity contribution in [3.8, 4) is 0 Å². The summed E-state index contributed by atoms with van der Waals surface area (Å²) in [6, 6.07) is 9.94. The van der Waals surface area contributed by atoms with E-state index in [1.165, 1.54) is 0 Å². The Hall–Kier alpha value is -1.81. The summed E-state index contributed by atoms with van der Waals surface area (Å²) in [4.78, 5) is 11.5. The van der Waals surface area contributed by atoms with E-state index in [2.05, 4.69) is 18.3 Å². The van der Waals surface area contributed by atoms with Crippen LogP contribution in [0.25, 0.3) is 0 Å². The molecule has 2 aromatic rings. The van der Waals surface area contributed by atoms with E-state index < -0.39 is 0 Å². The molecule has 2 heterocycles. The first-order chi connectivity index (χ1) is 10.7. The number of unbranched alkanes of at least 4 members (excludes halogenated alkanes) is 1. The Morgan fingerprint density at radius 1 is 1.41 bits per heavy atom. The van der Waals surface area contributed by atoms with Crippen LogP contribution in [0.5, 0.6) is 0 Å². The first-order valence-electron chi connectivity index (χ1n) is 7.81. The quantitative estimate of drug-likeness (QED) is 0.898. The Morgan fingerprint density at radius 3 is 3.00 bits per heavy atom. The first-order valence-corrected chi connectivity index (χ1v) is 8.19. The van der Waals surface area contributed by atoms with Gasteiger partial charge in [-0.3, -0.25) is 4.79 Å². The fraction of sp³-hybridized carbons (Fsp3) is 0.412. The molecule has 0 aliphatic carbocycles. The Bertz CT molecular complexity index is 680. The number of hydrogen-bond donors (Lipinski definition) is 1. The number of amides is 1. The second kappa shape index (κ2) is 6.53. The first kappa shape index (κ1) is 15.1. The van der Waals surface area contributed by atoms with Gasteiger partial charge in [0.25, 0.3) is 0 Å². The monoisotopic (exact) mass is 317 g/mol. The maximum atomic E-state index is 11.5. The molecule has 1 aliphatic rings. The van der Waals surface area contributed by atoms with Crippen molar-refractivity contribution in [2.45, 2.75) is 45.1 Å². The van der Waals surface area contributed by atoms with Crippen LogP contribution >= 0.6 is 11.6 Å². The standard InChI is InChI=1S/C17H20ClN3O/c1-2-3-6-13(12-7-4-5-8-14(12)18)15-11-16-19-17(22)9-10-21(16)20-15/h4-5,7-8,11,13H,2-3,6,9-10H2,1H3,(H,19,22). The average molecular weight is 318 g/mol. The number of aryl methyl sites for hydroxylation is 1. The summed E-state index contributed by atoms with van der Waals surface area (Å²) < 4.78 is 1.88. The molecular weight excluding hydrogens is 298 g/mol. The molecular formula is C17H20ClN3O. The third-order valence-corrected chi connectivity index (χ3v) is 4.45. The van der Waals surface area contributed by atoms with Crippen molar-refractivity contribution >= 4 is 23.3 Å². The Morgan fingerprint density at radius 2 is 2.23 bits per heavy atom. The summed E-state index contributed by atoms with van der Waals surface area (Å²) in [6.07, 6.45) is 3.74. The van der Waals surface area contributed by atoms with E-state index in [1.54, 1.807) is 0 Å². The smallest absolute Gasteiger partial charge is 0.227 e. The molecule has 0 spiro atoms. The zero-order valence-corrected chi connectivity index (χ0v) is 13.4. The van der Waals surface area contributed by atoms with Gasteiger partial charge in [0.05, 0.1) is 12.2 Å². The highest BCUT2D eigenvalue weighted by Gasteiger charge is 2.23. The summed E-state index contributed by atoms with van der Waals surface area (Å²) in [5.41, 5.74) is 2.10. The Balaban J connectivity index is 1.96. The van der Waals surface area contributed by atoms with Gasteiger partial charge in [-0.1, -0.05) is 49.6 Å². The zero-order valence-electron chi connectivity index (χ0n) is 12.7. The molecule has 1 amide bonds. The number of carbonyl (C=O) groups excluding carboxylic acids is 1. The van der Waals surface area contributed by atoms with Crippen molar-refractivity contribution in [1.29, 1.82) is 0 Å². The van der Waals surface area contributed by atoms with Crippen molar-refractivity contribution in [1.82, 2.24) is 9.78 Å².